The van der Waals surface area contributed by atoms with Crippen molar-refractivity contribution < 1.29 is 0 Å². The summed E-state index contributed by atoms with van der Waals surface area (Å²) in [4.78, 5) is 4.44. The van der Waals surface area contributed by atoms with Gasteiger partial charge in [-0.05, 0) is 24.6 Å². The molecule has 1 aliphatic heterocycles. The molecule has 1 aromatic carbocycles. The number of hydrogen-bond acceptors (Lipinski definition) is 4. The number of nitrogens with zero attached hydrogens (tertiary/aromatic N) is 4. The van der Waals surface area contributed by atoms with Crippen molar-refractivity contribution in [2.75, 3.05) is 31.1 Å². The zero-order chi connectivity index (χ0) is 15.2. The lowest BCUT2D eigenvalue weighted by Crippen LogP contribution is -2.50. The second kappa shape index (κ2) is 7.31. The summed E-state index contributed by atoms with van der Waals surface area (Å²) in [6.07, 6.45) is 1.94. The summed E-state index contributed by atoms with van der Waals surface area (Å²) >= 11 is 5.94. The highest BCUT2D eigenvalue weighted by atomic mass is 35.5. The molecule has 1 saturated heterocycles. The maximum Gasteiger partial charge on any atom is 0.101 e. The Balaban J connectivity index is 2.05. The molecular weight excluding hydrogens is 284 g/mol. The van der Waals surface area contributed by atoms with Gasteiger partial charge < -0.3 is 4.90 Å². The minimum Gasteiger partial charge on any atom is -0.368 e. The van der Waals surface area contributed by atoms with Crippen LogP contribution in [0.15, 0.2) is 18.2 Å². The average molecular weight is 303 g/mol. The van der Waals surface area contributed by atoms with Crippen LogP contribution in [0.3, 0.4) is 0 Å². The third-order valence-corrected chi connectivity index (χ3v) is 4.12. The largest absolute Gasteiger partial charge is 0.368 e. The SMILES string of the molecule is CCCC(C#N)N1CCN(c2ccc(Cl)cc2C#N)CC1. The third kappa shape index (κ3) is 3.67. The van der Waals surface area contributed by atoms with Gasteiger partial charge in [0.05, 0.1) is 23.4 Å². The average Bonchev–Trinajstić information content (AvgIpc) is 2.52. The Bertz CT molecular complexity index is 565. The van der Waals surface area contributed by atoms with E-state index in [1.807, 2.05) is 12.1 Å². The summed E-state index contributed by atoms with van der Waals surface area (Å²) in [6, 6.07) is 10.0. The van der Waals surface area contributed by atoms with Crippen molar-refractivity contribution >= 4 is 17.3 Å². The highest BCUT2D eigenvalue weighted by Crippen LogP contribution is 2.25. The molecule has 1 aliphatic rings. The standard InChI is InChI=1S/C16H19ClN4/c1-2-3-15(12-19)20-6-8-21(9-7-20)16-5-4-14(17)10-13(16)11-18/h4-5,10,15H,2-3,6-9H2,1H3. The molecule has 0 saturated carbocycles. The van der Waals surface area contributed by atoms with E-state index in [2.05, 4.69) is 28.9 Å². The van der Waals surface area contributed by atoms with Gasteiger partial charge in [-0.2, -0.15) is 10.5 Å². The van der Waals surface area contributed by atoms with Crippen molar-refractivity contribution in [1.29, 1.82) is 10.5 Å². The zero-order valence-corrected chi connectivity index (χ0v) is 13.0. The minimum atomic E-state index is 0.0119. The van der Waals surface area contributed by atoms with Crippen LogP contribution in [0.2, 0.25) is 5.02 Å². The van der Waals surface area contributed by atoms with Crippen LogP contribution in [0.25, 0.3) is 0 Å². The van der Waals surface area contributed by atoms with Gasteiger partial charge in [-0.1, -0.05) is 24.9 Å². The van der Waals surface area contributed by atoms with Crippen molar-refractivity contribution in [2.24, 2.45) is 0 Å². The Hall–Kier alpha value is -1.75. The molecule has 1 aromatic rings. The van der Waals surface area contributed by atoms with Crippen molar-refractivity contribution in [3.63, 3.8) is 0 Å². The first kappa shape index (κ1) is 15.6. The lowest BCUT2D eigenvalue weighted by molar-refractivity contribution is 0.211. The second-order valence-electron chi connectivity index (χ2n) is 5.23. The number of rotatable bonds is 4. The smallest absolute Gasteiger partial charge is 0.101 e. The second-order valence-corrected chi connectivity index (χ2v) is 5.67. The number of piperazine rings is 1. The third-order valence-electron chi connectivity index (χ3n) is 3.89. The molecule has 5 heteroatoms. The van der Waals surface area contributed by atoms with Crippen LogP contribution < -0.4 is 4.90 Å². The van der Waals surface area contributed by atoms with E-state index in [4.69, 9.17) is 11.6 Å². The number of anilines is 1. The van der Waals surface area contributed by atoms with Gasteiger partial charge in [0, 0.05) is 31.2 Å². The Morgan fingerprint density at radius 3 is 2.52 bits per heavy atom. The predicted octanol–water partition coefficient (Wildman–Crippen LogP) is 3.03. The molecule has 0 amide bonds. The van der Waals surface area contributed by atoms with Crippen LogP contribution in [0.5, 0.6) is 0 Å². The first-order valence-corrected chi connectivity index (χ1v) is 7.65. The summed E-state index contributed by atoms with van der Waals surface area (Å²) in [5, 5.41) is 19.1. The molecule has 2 rings (SSSR count). The van der Waals surface area contributed by atoms with E-state index in [1.165, 1.54) is 0 Å². The minimum absolute atomic E-state index is 0.0119. The summed E-state index contributed by atoms with van der Waals surface area (Å²) < 4.78 is 0. The summed E-state index contributed by atoms with van der Waals surface area (Å²) in [5.41, 5.74) is 1.55. The van der Waals surface area contributed by atoms with Crippen molar-refractivity contribution in [1.82, 2.24) is 4.90 Å². The van der Waals surface area contributed by atoms with Crippen molar-refractivity contribution in [3.8, 4) is 12.1 Å². The lowest BCUT2D eigenvalue weighted by atomic mass is 10.1. The molecular formula is C16H19ClN4. The molecule has 1 atom stereocenters. The number of hydrogen-bond donors (Lipinski definition) is 0. The van der Waals surface area contributed by atoms with E-state index < -0.39 is 0 Å². The first-order valence-electron chi connectivity index (χ1n) is 7.27. The Morgan fingerprint density at radius 1 is 1.24 bits per heavy atom. The lowest BCUT2D eigenvalue weighted by Gasteiger charge is -2.38. The summed E-state index contributed by atoms with van der Waals surface area (Å²) in [7, 11) is 0. The number of benzene rings is 1. The molecule has 1 heterocycles. The molecule has 0 radical (unpaired) electrons. The fourth-order valence-electron chi connectivity index (χ4n) is 2.75. The predicted molar refractivity (Wildman–Crippen MR) is 84.3 cm³/mol. The highest BCUT2D eigenvalue weighted by Gasteiger charge is 2.24. The van der Waals surface area contributed by atoms with Gasteiger partial charge in [-0.25, -0.2) is 0 Å². The highest BCUT2D eigenvalue weighted by molar-refractivity contribution is 6.30. The monoisotopic (exact) mass is 302 g/mol. The topological polar surface area (TPSA) is 54.1 Å². The Labute approximate surface area is 131 Å². The van der Waals surface area contributed by atoms with Gasteiger partial charge in [0.15, 0.2) is 0 Å². The number of nitriles is 2. The molecule has 0 aromatic heterocycles. The van der Waals surface area contributed by atoms with Gasteiger partial charge in [0.25, 0.3) is 0 Å². The van der Waals surface area contributed by atoms with Gasteiger partial charge in [0.2, 0.25) is 0 Å². The molecule has 1 fully saturated rings. The molecule has 110 valence electrons. The normalized spacial score (nSPS) is 17.0. The van der Waals surface area contributed by atoms with Gasteiger partial charge in [0.1, 0.15) is 6.07 Å². The van der Waals surface area contributed by atoms with Crippen molar-refractivity contribution in [3.05, 3.63) is 28.8 Å². The van der Waals surface area contributed by atoms with Crippen LogP contribution in [0, 0.1) is 22.7 Å². The first-order chi connectivity index (χ1) is 10.2. The van der Waals surface area contributed by atoms with E-state index in [1.54, 1.807) is 6.07 Å². The molecule has 0 spiro atoms. The molecule has 0 N–H and O–H groups in total. The van der Waals surface area contributed by atoms with Gasteiger partial charge >= 0.3 is 0 Å². The molecule has 1 unspecified atom stereocenters. The van der Waals surface area contributed by atoms with Crippen LogP contribution in [0.4, 0.5) is 5.69 Å². The van der Waals surface area contributed by atoms with E-state index in [-0.39, 0.29) is 6.04 Å². The summed E-state index contributed by atoms with van der Waals surface area (Å²) in [6.45, 7) is 5.47. The molecule has 21 heavy (non-hydrogen) atoms. The van der Waals surface area contributed by atoms with E-state index in [9.17, 15) is 10.5 Å². The number of halogens is 1. The fourth-order valence-corrected chi connectivity index (χ4v) is 2.92. The maximum absolute atomic E-state index is 9.24. The van der Waals surface area contributed by atoms with Gasteiger partial charge in [-0.15, -0.1) is 0 Å². The van der Waals surface area contributed by atoms with E-state index in [0.29, 0.717) is 10.6 Å². The summed E-state index contributed by atoms with van der Waals surface area (Å²) in [5.74, 6) is 0. The van der Waals surface area contributed by atoms with Crippen LogP contribution in [0.1, 0.15) is 25.3 Å². The van der Waals surface area contributed by atoms with E-state index >= 15 is 0 Å². The maximum atomic E-state index is 9.24. The molecule has 4 nitrogen and oxygen atoms in total. The molecule has 0 bridgehead atoms. The fraction of sp³-hybridized carbons (Fsp3) is 0.500. The van der Waals surface area contributed by atoms with E-state index in [0.717, 1.165) is 44.7 Å². The molecule has 0 aliphatic carbocycles. The van der Waals surface area contributed by atoms with Crippen molar-refractivity contribution in [2.45, 2.75) is 25.8 Å². The van der Waals surface area contributed by atoms with Gasteiger partial charge in [-0.3, -0.25) is 4.90 Å². The Morgan fingerprint density at radius 2 is 1.95 bits per heavy atom. The van der Waals surface area contributed by atoms with Crippen LogP contribution in [-0.2, 0) is 0 Å². The Kier molecular flexibility index (Phi) is 5.44. The quantitative estimate of drug-likeness (QED) is 0.858. The van der Waals surface area contributed by atoms with Crippen LogP contribution in [-0.4, -0.2) is 37.1 Å². The zero-order valence-electron chi connectivity index (χ0n) is 12.2. The van der Waals surface area contributed by atoms with Crippen LogP contribution >= 0.6 is 11.6 Å².